The summed E-state index contributed by atoms with van der Waals surface area (Å²) in [6.45, 7) is 0.131. The normalized spacial score (nSPS) is 12.7. The maximum absolute atomic E-state index is 13.7. The number of ether oxygens (including phenoxy) is 1. The molecule has 0 bridgehead atoms. The minimum Gasteiger partial charge on any atom is -0.385 e. The van der Waals surface area contributed by atoms with Gasteiger partial charge in [-0.3, -0.25) is 9.59 Å². The van der Waals surface area contributed by atoms with E-state index in [1.807, 2.05) is 24.3 Å². The number of thiazole rings is 1. The van der Waals surface area contributed by atoms with Gasteiger partial charge in [-0.05, 0) is 47.4 Å². The summed E-state index contributed by atoms with van der Waals surface area (Å²) in [5.41, 5.74) is 3.02. The number of primary sulfonamides is 1. The van der Waals surface area contributed by atoms with E-state index >= 15 is 0 Å². The Morgan fingerprint density at radius 2 is 1.68 bits per heavy atom. The number of carbonyl (C=O) groups excluding carboxylic acids is 2. The van der Waals surface area contributed by atoms with Gasteiger partial charge in [0.05, 0.1) is 31.8 Å². The Kier molecular flexibility index (Phi) is 11.2. The maximum atomic E-state index is 13.7. The minimum atomic E-state index is -4.24. The second-order valence-electron chi connectivity index (χ2n) is 9.93. The van der Waals surface area contributed by atoms with Gasteiger partial charge in [0.1, 0.15) is 5.01 Å². The van der Waals surface area contributed by atoms with Crippen molar-refractivity contribution in [2.75, 3.05) is 26.0 Å². The van der Waals surface area contributed by atoms with Crippen molar-refractivity contribution < 1.29 is 31.2 Å². The Balaban J connectivity index is 1.64. The summed E-state index contributed by atoms with van der Waals surface area (Å²) in [5.74, 6) is -2.03. The van der Waals surface area contributed by atoms with Crippen LogP contribution in [0, 0.1) is 0 Å². The van der Waals surface area contributed by atoms with E-state index in [1.165, 1.54) is 18.2 Å². The molecule has 4 aromatic rings. The molecule has 234 valence electrons. The van der Waals surface area contributed by atoms with E-state index in [0.29, 0.717) is 40.8 Å². The molecule has 10 nitrogen and oxygen atoms in total. The minimum absolute atomic E-state index is 0.0160. The lowest BCUT2D eigenvalue weighted by molar-refractivity contribution is -0.120. The Morgan fingerprint density at radius 3 is 2.34 bits per heavy atom. The third-order valence-electron chi connectivity index (χ3n) is 6.56. The third-order valence-corrected chi connectivity index (χ3v) is 11.2. The number of hydrogen-bond acceptors (Lipinski definition) is 9. The fourth-order valence-corrected chi connectivity index (χ4v) is 8.25. The Hall–Kier alpha value is -2.91. The molecule has 1 unspecified atom stereocenters. The molecule has 3 aromatic carbocycles. The van der Waals surface area contributed by atoms with Crippen LogP contribution in [0.5, 0.6) is 0 Å². The number of aromatic nitrogens is 1. The van der Waals surface area contributed by atoms with E-state index in [-0.39, 0.29) is 27.4 Å². The highest BCUT2D eigenvalue weighted by molar-refractivity contribution is 7.91. The molecule has 1 heterocycles. The predicted molar refractivity (Wildman–Crippen MR) is 173 cm³/mol. The van der Waals surface area contributed by atoms with Gasteiger partial charge in [0.25, 0.3) is 0 Å². The van der Waals surface area contributed by atoms with Crippen LogP contribution >= 0.6 is 34.5 Å². The first kappa shape index (κ1) is 34.0. The summed E-state index contributed by atoms with van der Waals surface area (Å²) in [4.78, 5) is 30.2. The molecule has 1 aromatic heterocycles. The van der Waals surface area contributed by atoms with Crippen molar-refractivity contribution in [3.8, 4) is 11.1 Å². The second kappa shape index (κ2) is 14.5. The first-order valence-corrected chi connectivity index (χ1v) is 18.2. The zero-order valence-electron chi connectivity index (χ0n) is 23.5. The molecule has 0 aliphatic heterocycles. The molecule has 44 heavy (non-hydrogen) atoms. The van der Waals surface area contributed by atoms with Crippen LogP contribution in [-0.4, -0.2) is 59.5 Å². The van der Waals surface area contributed by atoms with Crippen molar-refractivity contribution in [3.05, 3.63) is 86.8 Å². The average molecular weight is 699 g/mol. The number of sulfone groups is 1. The predicted octanol–water partition coefficient (Wildman–Crippen LogP) is 4.94. The number of ketones is 1. The van der Waals surface area contributed by atoms with E-state index in [9.17, 15) is 26.4 Å². The van der Waals surface area contributed by atoms with Crippen LogP contribution in [0.25, 0.3) is 21.3 Å². The second-order valence-corrected chi connectivity index (χ2v) is 15.6. The molecular weight excluding hydrogens is 669 g/mol. The Labute approximate surface area is 269 Å². The number of methoxy groups -OCH3 is 1. The number of nitrogens with one attached hydrogen (secondary N) is 1. The van der Waals surface area contributed by atoms with Gasteiger partial charge in [0, 0.05) is 32.2 Å². The number of halogens is 2. The molecular formula is C29H29Cl2N3O7S3. The number of amides is 1. The fraction of sp³-hybridized carbons (Fsp3) is 0.276. The van der Waals surface area contributed by atoms with E-state index in [1.54, 1.807) is 25.3 Å². The number of hydrogen-bond donors (Lipinski definition) is 2. The average Bonchev–Trinajstić information content (AvgIpc) is 3.36. The number of carbonyl (C=O) groups is 2. The Morgan fingerprint density at radius 1 is 0.977 bits per heavy atom. The molecule has 0 spiro atoms. The molecule has 0 fully saturated rings. The molecule has 3 N–H and O–H groups in total. The molecule has 0 aliphatic carbocycles. The van der Waals surface area contributed by atoms with Crippen LogP contribution in [0.1, 0.15) is 39.0 Å². The van der Waals surface area contributed by atoms with E-state index in [2.05, 4.69) is 10.3 Å². The van der Waals surface area contributed by atoms with E-state index < -0.39 is 42.5 Å². The number of sulfonamides is 1. The van der Waals surface area contributed by atoms with Crippen LogP contribution < -0.4 is 10.5 Å². The zero-order valence-corrected chi connectivity index (χ0v) is 27.4. The smallest absolute Gasteiger partial charge is 0.245 e. The number of benzene rings is 3. The lowest BCUT2D eigenvalue weighted by Crippen LogP contribution is -2.37. The summed E-state index contributed by atoms with van der Waals surface area (Å²) in [6.07, 6.45) is 1.02. The van der Waals surface area contributed by atoms with Gasteiger partial charge in [-0.2, -0.15) is 0 Å². The maximum Gasteiger partial charge on any atom is 0.245 e. The van der Waals surface area contributed by atoms with Crippen molar-refractivity contribution in [1.29, 1.82) is 0 Å². The summed E-state index contributed by atoms with van der Waals surface area (Å²) in [6, 6.07) is 16.9. The van der Waals surface area contributed by atoms with E-state index in [4.69, 9.17) is 33.1 Å². The first-order valence-electron chi connectivity index (χ1n) is 13.2. The SMILES string of the molecule is COCCCC(=O)c1ccc(-c2ccc3nc(C(C(=O)NCCS(N)(=O)=O)S(=O)(=O)Cc4ccc(Cl)c(Cl)c4)sc3c2)cc1. The topological polar surface area (TPSA) is 163 Å². The van der Waals surface area contributed by atoms with E-state index in [0.717, 1.165) is 22.5 Å². The van der Waals surface area contributed by atoms with Gasteiger partial charge in [0.15, 0.2) is 20.9 Å². The number of Topliss-reactive ketones (excluding diaryl/α,β-unsaturated/α-hetero) is 1. The molecule has 1 atom stereocenters. The lowest BCUT2D eigenvalue weighted by atomic mass is 10.0. The summed E-state index contributed by atoms with van der Waals surface area (Å²) < 4.78 is 55.8. The standard InChI is InChI=1S/C29H29Cl2N3O7S3/c1-41-13-2-3-25(35)20-7-5-19(6-8-20)21-9-11-24-26(16-21)42-29(34-24)27(28(36)33-12-14-44(32,39)40)43(37,38)17-18-4-10-22(30)23(31)15-18/h4-11,15-16,27H,2-3,12-14,17H2,1H3,(H,33,36)(H2,32,39,40). The number of fused-ring (bicyclic) bond motifs is 1. The monoisotopic (exact) mass is 697 g/mol. The van der Waals surface area contributed by atoms with Gasteiger partial charge in [-0.15, -0.1) is 11.3 Å². The first-order chi connectivity index (χ1) is 20.8. The molecule has 15 heteroatoms. The third kappa shape index (κ3) is 8.84. The summed E-state index contributed by atoms with van der Waals surface area (Å²) in [5, 5.41) is 6.09. The molecule has 0 aliphatic rings. The summed E-state index contributed by atoms with van der Waals surface area (Å²) >= 11 is 13.1. The van der Waals surface area contributed by atoms with Crippen molar-refractivity contribution in [2.24, 2.45) is 5.14 Å². The molecule has 1 amide bonds. The largest absolute Gasteiger partial charge is 0.385 e. The zero-order chi connectivity index (χ0) is 32.1. The van der Waals surface area contributed by atoms with Crippen molar-refractivity contribution in [2.45, 2.75) is 23.8 Å². The van der Waals surface area contributed by atoms with Crippen LogP contribution in [0.2, 0.25) is 10.0 Å². The highest BCUT2D eigenvalue weighted by Crippen LogP contribution is 2.35. The number of nitrogens with two attached hydrogens (primary N) is 1. The molecule has 0 saturated heterocycles. The molecule has 4 rings (SSSR count). The molecule has 0 saturated carbocycles. The fourth-order valence-electron chi connectivity index (χ4n) is 4.39. The van der Waals surface area contributed by atoms with Gasteiger partial charge in [-0.25, -0.2) is 27.0 Å². The van der Waals surface area contributed by atoms with Crippen LogP contribution in [0.15, 0.2) is 60.7 Å². The van der Waals surface area contributed by atoms with Crippen LogP contribution in [0.3, 0.4) is 0 Å². The van der Waals surface area contributed by atoms with Crippen LogP contribution in [0.4, 0.5) is 0 Å². The van der Waals surface area contributed by atoms with Crippen molar-refractivity contribution in [1.82, 2.24) is 10.3 Å². The van der Waals surface area contributed by atoms with Gasteiger partial charge >= 0.3 is 0 Å². The van der Waals surface area contributed by atoms with Crippen molar-refractivity contribution >= 4 is 76.3 Å². The number of rotatable bonds is 14. The quantitative estimate of drug-likeness (QED) is 0.138. The van der Waals surface area contributed by atoms with Gasteiger partial charge in [-0.1, -0.05) is 59.6 Å². The Bertz CT molecular complexity index is 1900. The highest BCUT2D eigenvalue weighted by Gasteiger charge is 2.37. The number of nitrogens with zero attached hydrogens (tertiary/aromatic N) is 1. The summed E-state index contributed by atoms with van der Waals surface area (Å²) in [7, 11) is -6.55. The highest BCUT2D eigenvalue weighted by atomic mass is 35.5. The lowest BCUT2D eigenvalue weighted by Gasteiger charge is -2.16. The van der Waals surface area contributed by atoms with Gasteiger partial charge in [0.2, 0.25) is 15.9 Å². The van der Waals surface area contributed by atoms with Crippen molar-refractivity contribution in [3.63, 3.8) is 0 Å². The van der Waals surface area contributed by atoms with Gasteiger partial charge < -0.3 is 10.1 Å². The molecule has 0 radical (unpaired) electrons. The van der Waals surface area contributed by atoms with Crippen LogP contribution in [-0.2, 0) is 35.1 Å².